The molecule has 20 heavy (non-hydrogen) atoms. The van der Waals surface area contributed by atoms with Crippen molar-refractivity contribution in [1.82, 2.24) is 4.90 Å². The monoisotopic (exact) mass is 278 g/mol. The Morgan fingerprint density at radius 1 is 1.10 bits per heavy atom. The van der Waals surface area contributed by atoms with E-state index in [1.807, 2.05) is 0 Å². The van der Waals surface area contributed by atoms with Crippen LogP contribution in [0.25, 0.3) is 0 Å². The van der Waals surface area contributed by atoms with Gasteiger partial charge in [-0.1, -0.05) is 42.7 Å². The van der Waals surface area contributed by atoms with Gasteiger partial charge in [0.05, 0.1) is 6.61 Å². The molecule has 0 saturated heterocycles. The first-order valence-electron chi connectivity index (χ1n) is 7.73. The normalized spacial score (nSPS) is 12.9. The predicted molar refractivity (Wildman–Crippen MR) is 85.9 cm³/mol. The van der Waals surface area contributed by atoms with Gasteiger partial charge in [0.1, 0.15) is 0 Å². The fourth-order valence-electron chi connectivity index (χ4n) is 2.57. The molecule has 1 rings (SSSR count). The van der Waals surface area contributed by atoms with Crippen LogP contribution in [0.15, 0.2) is 18.2 Å². The average Bonchev–Trinajstić information content (AvgIpc) is 2.40. The van der Waals surface area contributed by atoms with E-state index in [0.717, 1.165) is 26.1 Å². The molecule has 0 bridgehead atoms. The Labute approximate surface area is 123 Å². The molecule has 3 nitrogen and oxygen atoms in total. The van der Waals surface area contributed by atoms with Crippen molar-refractivity contribution in [3.05, 3.63) is 34.9 Å². The van der Waals surface area contributed by atoms with Crippen LogP contribution in [0.5, 0.6) is 0 Å². The molecule has 1 aromatic carbocycles. The molecular weight excluding hydrogens is 248 g/mol. The summed E-state index contributed by atoms with van der Waals surface area (Å²) in [5.41, 5.74) is 10.1. The maximum Gasteiger partial charge on any atom is 0.0558 e. The number of aryl methyl sites for hydroxylation is 2. The second kappa shape index (κ2) is 9.11. The van der Waals surface area contributed by atoms with E-state index >= 15 is 0 Å². The van der Waals surface area contributed by atoms with Gasteiger partial charge in [-0.2, -0.15) is 0 Å². The summed E-state index contributed by atoms with van der Waals surface area (Å²) < 4.78 is 0. The molecule has 0 aliphatic rings. The highest BCUT2D eigenvalue weighted by atomic mass is 16.3. The number of hydrogen-bond donors (Lipinski definition) is 2. The third-order valence-corrected chi connectivity index (χ3v) is 3.67. The van der Waals surface area contributed by atoms with Gasteiger partial charge in [-0.05, 0) is 38.8 Å². The van der Waals surface area contributed by atoms with Crippen molar-refractivity contribution in [2.45, 2.75) is 46.1 Å². The minimum Gasteiger partial charge on any atom is -0.395 e. The lowest BCUT2D eigenvalue weighted by Gasteiger charge is -2.23. The van der Waals surface area contributed by atoms with Gasteiger partial charge < -0.3 is 15.7 Å². The standard InChI is InChI=1S/C17H30N2O/c1-4-5-7-19(9-10-20)8-6-17(18)16-12-14(2)11-15(3)13-16/h11-13,17,20H,4-10,18H2,1-3H3. The average molecular weight is 278 g/mol. The summed E-state index contributed by atoms with van der Waals surface area (Å²) in [5, 5.41) is 9.12. The SMILES string of the molecule is CCCCN(CCO)CCC(N)c1cc(C)cc(C)c1. The first kappa shape index (κ1) is 17.2. The number of nitrogens with zero attached hydrogens (tertiary/aromatic N) is 1. The lowest BCUT2D eigenvalue weighted by Crippen LogP contribution is -2.31. The number of unbranched alkanes of at least 4 members (excludes halogenated alkanes) is 1. The Bertz CT molecular complexity index is 372. The number of aliphatic hydroxyl groups excluding tert-OH is 1. The molecule has 1 atom stereocenters. The Balaban J connectivity index is 2.53. The fraction of sp³-hybridized carbons (Fsp3) is 0.647. The number of hydrogen-bond acceptors (Lipinski definition) is 3. The Morgan fingerprint density at radius 2 is 1.75 bits per heavy atom. The minimum atomic E-state index is 0.0800. The summed E-state index contributed by atoms with van der Waals surface area (Å²) in [6, 6.07) is 6.62. The van der Waals surface area contributed by atoms with Crippen LogP contribution in [0, 0.1) is 13.8 Å². The van der Waals surface area contributed by atoms with Crippen LogP contribution in [-0.4, -0.2) is 36.2 Å². The fourth-order valence-corrected chi connectivity index (χ4v) is 2.57. The van der Waals surface area contributed by atoms with Crippen molar-refractivity contribution < 1.29 is 5.11 Å². The lowest BCUT2D eigenvalue weighted by atomic mass is 9.99. The first-order chi connectivity index (χ1) is 9.56. The Morgan fingerprint density at radius 3 is 2.30 bits per heavy atom. The molecule has 3 heteroatoms. The Hall–Kier alpha value is -0.900. The molecule has 0 aromatic heterocycles. The Kier molecular flexibility index (Phi) is 7.82. The van der Waals surface area contributed by atoms with Crippen LogP contribution >= 0.6 is 0 Å². The summed E-state index contributed by atoms with van der Waals surface area (Å²) >= 11 is 0. The molecule has 0 fully saturated rings. The van der Waals surface area contributed by atoms with Crippen LogP contribution in [0.3, 0.4) is 0 Å². The molecule has 0 heterocycles. The van der Waals surface area contributed by atoms with Gasteiger partial charge in [0.25, 0.3) is 0 Å². The highest BCUT2D eigenvalue weighted by Crippen LogP contribution is 2.18. The number of benzene rings is 1. The summed E-state index contributed by atoms with van der Waals surface area (Å²) in [7, 11) is 0. The van der Waals surface area contributed by atoms with Crippen molar-refractivity contribution in [1.29, 1.82) is 0 Å². The smallest absolute Gasteiger partial charge is 0.0558 e. The number of nitrogens with two attached hydrogens (primary N) is 1. The minimum absolute atomic E-state index is 0.0800. The van der Waals surface area contributed by atoms with Gasteiger partial charge in [0, 0.05) is 19.1 Å². The van der Waals surface area contributed by atoms with Crippen LogP contribution in [0.4, 0.5) is 0 Å². The molecule has 114 valence electrons. The van der Waals surface area contributed by atoms with E-state index in [-0.39, 0.29) is 12.6 Å². The van der Waals surface area contributed by atoms with E-state index in [9.17, 15) is 0 Å². The van der Waals surface area contributed by atoms with Crippen molar-refractivity contribution in [3.63, 3.8) is 0 Å². The maximum atomic E-state index is 9.12. The summed E-state index contributed by atoms with van der Waals surface area (Å²) in [4.78, 5) is 2.31. The highest BCUT2D eigenvalue weighted by Gasteiger charge is 2.10. The molecule has 1 aromatic rings. The lowest BCUT2D eigenvalue weighted by molar-refractivity contribution is 0.189. The van der Waals surface area contributed by atoms with E-state index < -0.39 is 0 Å². The second-order valence-corrected chi connectivity index (χ2v) is 5.74. The van der Waals surface area contributed by atoms with Crippen molar-refractivity contribution >= 4 is 0 Å². The van der Waals surface area contributed by atoms with E-state index in [0.29, 0.717) is 0 Å². The maximum absolute atomic E-state index is 9.12. The quantitative estimate of drug-likeness (QED) is 0.730. The third-order valence-electron chi connectivity index (χ3n) is 3.67. The van der Waals surface area contributed by atoms with Crippen LogP contribution in [0.1, 0.15) is 48.9 Å². The zero-order valence-corrected chi connectivity index (χ0v) is 13.2. The largest absolute Gasteiger partial charge is 0.395 e. The molecule has 0 amide bonds. The topological polar surface area (TPSA) is 49.5 Å². The zero-order chi connectivity index (χ0) is 15.0. The first-order valence-corrected chi connectivity index (χ1v) is 7.73. The van der Waals surface area contributed by atoms with Gasteiger partial charge in [0.2, 0.25) is 0 Å². The molecule has 0 saturated carbocycles. The molecule has 0 spiro atoms. The van der Waals surface area contributed by atoms with Gasteiger partial charge >= 0.3 is 0 Å². The molecule has 0 aliphatic carbocycles. The van der Waals surface area contributed by atoms with Crippen molar-refractivity contribution in [2.24, 2.45) is 5.73 Å². The van der Waals surface area contributed by atoms with Crippen LogP contribution < -0.4 is 5.73 Å². The number of rotatable bonds is 9. The molecule has 0 aliphatic heterocycles. The summed E-state index contributed by atoms with van der Waals surface area (Å²) in [5.74, 6) is 0. The van der Waals surface area contributed by atoms with E-state index in [2.05, 4.69) is 43.9 Å². The summed E-state index contributed by atoms with van der Waals surface area (Å²) in [6.45, 7) is 9.40. The van der Waals surface area contributed by atoms with E-state index in [1.54, 1.807) is 0 Å². The second-order valence-electron chi connectivity index (χ2n) is 5.74. The van der Waals surface area contributed by atoms with Crippen molar-refractivity contribution in [3.8, 4) is 0 Å². The highest BCUT2D eigenvalue weighted by molar-refractivity contribution is 5.30. The molecule has 1 unspecified atom stereocenters. The van der Waals surface area contributed by atoms with E-state index in [4.69, 9.17) is 10.8 Å². The summed E-state index contributed by atoms with van der Waals surface area (Å²) in [6.07, 6.45) is 3.30. The van der Waals surface area contributed by atoms with Crippen LogP contribution in [-0.2, 0) is 0 Å². The van der Waals surface area contributed by atoms with Crippen LogP contribution in [0.2, 0.25) is 0 Å². The van der Waals surface area contributed by atoms with Gasteiger partial charge in [0.15, 0.2) is 0 Å². The van der Waals surface area contributed by atoms with E-state index in [1.165, 1.54) is 29.5 Å². The van der Waals surface area contributed by atoms with Crippen molar-refractivity contribution in [2.75, 3.05) is 26.2 Å². The third kappa shape index (κ3) is 6.04. The number of aliphatic hydroxyl groups is 1. The zero-order valence-electron chi connectivity index (χ0n) is 13.2. The molecule has 0 radical (unpaired) electrons. The van der Waals surface area contributed by atoms with Gasteiger partial charge in [-0.3, -0.25) is 0 Å². The van der Waals surface area contributed by atoms with Gasteiger partial charge in [-0.15, -0.1) is 0 Å². The molecular formula is C17H30N2O. The predicted octanol–water partition coefficient (Wildman–Crippen LogP) is 2.79. The molecule has 3 N–H and O–H groups in total. The van der Waals surface area contributed by atoms with Gasteiger partial charge in [-0.25, -0.2) is 0 Å².